The molecule has 0 aromatic carbocycles. The molecule has 0 amide bonds. The highest BCUT2D eigenvalue weighted by atomic mass is 16.6. The predicted octanol–water partition coefficient (Wildman–Crippen LogP) is 1.01. The second kappa shape index (κ2) is 8.00. The number of ether oxygens (including phenoxy) is 2. The molecule has 0 aromatic rings. The van der Waals surface area contributed by atoms with Gasteiger partial charge in [0.2, 0.25) is 0 Å². The van der Waals surface area contributed by atoms with Crippen molar-refractivity contribution >= 4 is 0 Å². The fourth-order valence-electron chi connectivity index (χ4n) is 1.41. The number of aliphatic hydroxyl groups is 3. The Hall–Kier alpha value is -0.200. The molecule has 3 atom stereocenters. The zero-order chi connectivity index (χ0) is 13.5. The van der Waals surface area contributed by atoms with Crippen molar-refractivity contribution in [3.05, 3.63) is 0 Å². The third kappa shape index (κ3) is 6.95. The summed E-state index contributed by atoms with van der Waals surface area (Å²) in [6, 6.07) is 0. The van der Waals surface area contributed by atoms with Crippen LogP contribution in [-0.2, 0) is 9.47 Å². The van der Waals surface area contributed by atoms with E-state index in [2.05, 4.69) is 6.92 Å². The van der Waals surface area contributed by atoms with Gasteiger partial charge in [0, 0.05) is 0 Å². The zero-order valence-corrected chi connectivity index (χ0v) is 11.2. The standard InChI is InChI=1S/C12H26O5/c1-5-6-7-10(16-8-13)9(2)17-11(14)12(3,4)15/h9-11,13-15H,5-8H2,1-4H3. The highest BCUT2D eigenvalue weighted by Gasteiger charge is 2.29. The molecule has 0 spiro atoms. The van der Waals surface area contributed by atoms with Gasteiger partial charge in [-0.3, -0.25) is 0 Å². The average Bonchev–Trinajstić information content (AvgIpc) is 2.22. The Morgan fingerprint density at radius 3 is 2.29 bits per heavy atom. The zero-order valence-electron chi connectivity index (χ0n) is 11.2. The van der Waals surface area contributed by atoms with Crippen molar-refractivity contribution in [2.24, 2.45) is 0 Å². The Kier molecular flexibility index (Phi) is 7.91. The minimum Gasteiger partial charge on any atom is -0.385 e. The van der Waals surface area contributed by atoms with Crippen LogP contribution < -0.4 is 0 Å². The number of aliphatic hydroxyl groups excluding tert-OH is 2. The molecule has 0 bridgehead atoms. The summed E-state index contributed by atoms with van der Waals surface area (Å²) in [6.07, 6.45) is 0.774. The van der Waals surface area contributed by atoms with Gasteiger partial charge in [-0.1, -0.05) is 19.8 Å². The van der Waals surface area contributed by atoms with Gasteiger partial charge in [-0.2, -0.15) is 0 Å². The van der Waals surface area contributed by atoms with Crippen LogP contribution in [0.4, 0.5) is 0 Å². The summed E-state index contributed by atoms with van der Waals surface area (Å²) in [5.74, 6) is 0. The van der Waals surface area contributed by atoms with Gasteiger partial charge in [0.05, 0.1) is 12.2 Å². The molecule has 5 nitrogen and oxygen atoms in total. The van der Waals surface area contributed by atoms with Crippen molar-refractivity contribution in [3.8, 4) is 0 Å². The van der Waals surface area contributed by atoms with Crippen molar-refractivity contribution in [2.45, 2.75) is 71.1 Å². The Labute approximate surface area is 103 Å². The SMILES string of the molecule is CCCCC(OCO)C(C)OC(O)C(C)(C)O. The molecule has 0 heterocycles. The summed E-state index contributed by atoms with van der Waals surface area (Å²) in [6.45, 7) is 6.38. The van der Waals surface area contributed by atoms with Crippen LogP contribution in [0.25, 0.3) is 0 Å². The molecule has 5 heteroatoms. The highest BCUT2D eigenvalue weighted by molar-refractivity contribution is 4.73. The maximum atomic E-state index is 9.61. The van der Waals surface area contributed by atoms with Crippen molar-refractivity contribution in [1.82, 2.24) is 0 Å². The largest absolute Gasteiger partial charge is 0.385 e. The van der Waals surface area contributed by atoms with Crippen molar-refractivity contribution in [3.63, 3.8) is 0 Å². The first-order valence-corrected chi connectivity index (χ1v) is 6.11. The van der Waals surface area contributed by atoms with Gasteiger partial charge >= 0.3 is 0 Å². The summed E-state index contributed by atoms with van der Waals surface area (Å²) in [4.78, 5) is 0. The third-order valence-corrected chi connectivity index (χ3v) is 2.60. The monoisotopic (exact) mass is 250 g/mol. The van der Waals surface area contributed by atoms with Gasteiger partial charge in [-0.05, 0) is 27.2 Å². The Bertz CT molecular complexity index is 190. The summed E-state index contributed by atoms with van der Waals surface area (Å²) in [5.41, 5.74) is -1.32. The van der Waals surface area contributed by atoms with E-state index >= 15 is 0 Å². The number of hydrogen-bond donors (Lipinski definition) is 3. The molecule has 0 aliphatic carbocycles. The molecule has 0 aliphatic heterocycles. The fourth-order valence-corrected chi connectivity index (χ4v) is 1.41. The first kappa shape index (κ1) is 16.8. The molecule has 0 saturated heterocycles. The first-order chi connectivity index (χ1) is 7.82. The molecule has 0 aromatic heterocycles. The van der Waals surface area contributed by atoms with E-state index in [4.69, 9.17) is 14.6 Å². The van der Waals surface area contributed by atoms with Crippen LogP contribution in [-0.4, -0.2) is 46.2 Å². The number of unbranched alkanes of at least 4 members (excludes halogenated alkanes) is 1. The summed E-state index contributed by atoms with van der Waals surface area (Å²) in [7, 11) is 0. The second-order valence-corrected chi connectivity index (χ2v) is 4.82. The molecule has 0 radical (unpaired) electrons. The summed E-state index contributed by atoms with van der Waals surface area (Å²) < 4.78 is 10.5. The lowest BCUT2D eigenvalue weighted by atomic mass is 10.1. The Balaban J connectivity index is 4.25. The molecular weight excluding hydrogens is 224 g/mol. The third-order valence-electron chi connectivity index (χ3n) is 2.60. The second-order valence-electron chi connectivity index (χ2n) is 4.82. The van der Waals surface area contributed by atoms with Gasteiger partial charge in [0.25, 0.3) is 0 Å². The lowest BCUT2D eigenvalue weighted by Gasteiger charge is -2.31. The lowest BCUT2D eigenvalue weighted by molar-refractivity contribution is -0.240. The smallest absolute Gasteiger partial charge is 0.183 e. The van der Waals surface area contributed by atoms with E-state index in [1.165, 1.54) is 13.8 Å². The molecule has 3 N–H and O–H groups in total. The van der Waals surface area contributed by atoms with Crippen LogP contribution in [0.3, 0.4) is 0 Å². The minimum atomic E-state index is -1.32. The van der Waals surface area contributed by atoms with E-state index in [1.807, 2.05) is 0 Å². The van der Waals surface area contributed by atoms with Gasteiger partial charge < -0.3 is 24.8 Å². The van der Waals surface area contributed by atoms with E-state index < -0.39 is 18.0 Å². The van der Waals surface area contributed by atoms with Crippen LogP contribution in [0.2, 0.25) is 0 Å². The molecule has 0 fully saturated rings. The van der Waals surface area contributed by atoms with Crippen LogP contribution in [0.15, 0.2) is 0 Å². The highest BCUT2D eigenvalue weighted by Crippen LogP contribution is 2.17. The summed E-state index contributed by atoms with van der Waals surface area (Å²) in [5, 5.41) is 28.0. The van der Waals surface area contributed by atoms with Gasteiger partial charge in [0.15, 0.2) is 6.29 Å². The Morgan fingerprint density at radius 1 is 1.29 bits per heavy atom. The van der Waals surface area contributed by atoms with E-state index in [9.17, 15) is 10.2 Å². The van der Waals surface area contributed by atoms with E-state index in [1.54, 1.807) is 6.92 Å². The van der Waals surface area contributed by atoms with Gasteiger partial charge in [-0.25, -0.2) is 0 Å². The van der Waals surface area contributed by atoms with E-state index in [-0.39, 0.29) is 12.9 Å². The topological polar surface area (TPSA) is 79.2 Å². The molecule has 0 rings (SSSR count). The van der Waals surface area contributed by atoms with Crippen molar-refractivity contribution in [2.75, 3.05) is 6.79 Å². The molecule has 104 valence electrons. The maximum absolute atomic E-state index is 9.61. The lowest BCUT2D eigenvalue weighted by Crippen LogP contribution is -2.43. The molecule has 0 saturated carbocycles. The molecule has 3 unspecified atom stereocenters. The van der Waals surface area contributed by atoms with E-state index in [0.717, 1.165) is 19.3 Å². The fraction of sp³-hybridized carbons (Fsp3) is 1.00. The van der Waals surface area contributed by atoms with E-state index in [0.29, 0.717) is 0 Å². The molecule has 0 aliphatic rings. The number of rotatable bonds is 9. The molecule has 17 heavy (non-hydrogen) atoms. The minimum absolute atomic E-state index is 0.281. The average molecular weight is 250 g/mol. The van der Waals surface area contributed by atoms with Gasteiger partial charge in [-0.15, -0.1) is 0 Å². The van der Waals surface area contributed by atoms with Crippen LogP contribution in [0.1, 0.15) is 47.0 Å². The van der Waals surface area contributed by atoms with Crippen molar-refractivity contribution < 1.29 is 24.8 Å². The van der Waals surface area contributed by atoms with Gasteiger partial charge in [0.1, 0.15) is 12.4 Å². The number of hydrogen-bond acceptors (Lipinski definition) is 5. The predicted molar refractivity (Wildman–Crippen MR) is 64.3 cm³/mol. The normalized spacial score (nSPS) is 17.8. The Morgan fingerprint density at radius 2 is 1.88 bits per heavy atom. The summed E-state index contributed by atoms with van der Waals surface area (Å²) >= 11 is 0. The van der Waals surface area contributed by atoms with Crippen LogP contribution in [0.5, 0.6) is 0 Å². The molecular formula is C12H26O5. The maximum Gasteiger partial charge on any atom is 0.183 e. The quantitative estimate of drug-likeness (QED) is 0.532. The van der Waals surface area contributed by atoms with Crippen LogP contribution >= 0.6 is 0 Å². The van der Waals surface area contributed by atoms with Crippen LogP contribution in [0, 0.1) is 0 Å². The van der Waals surface area contributed by atoms with Crippen molar-refractivity contribution in [1.29, 1.82) is 0 Å². The first-order valence-electron chi connectivity index (χ1n) is 6.11.